The van der Waals surface area contributed by atoms with E-state index in [9.17, 15) is 13.6 Å². The number of nitrogens with one attached hydrogen (secondary N) is 1. The molecule has 0 spiro atoms. The zero-order valence-electron chi connectivity index (χ0n) is 17.9. The Morgan fingerprint density at radius 1 is 1.15 bits per heavy atom. The van der Waals surface area contributed by atoms with E-state index < -0.39 is 17.7 Å². The summed E-state index contributed by atoms with van der Waals surface area (Å²) in [6, 6.07) is 5.20. The van der Waals surface area contributed by atoms with Gasteiger partial charge in [-0.1, -0.05) is 0 Å². The molecule has 2 aliphatic rings. The monoisotopic (exact) mass is 463 g/mol. The highest BCUT2D eigenvalue weighted by Gasteiger charge is 2.34. The first-order valence-corrected chi connectivity index (χ1v) is 10.6. The largest absolute Gasteiger partial charge is 0.341 e. The Morgan fingerprint density at radius 3 is 2.71 bits per heavy atom. The molecule has 172 valence electrons. The molecule has 1 saturated heterocycles. The van der Waals surface area contributed by atoms with Gasteiger partial charge in [0.1, 0.15) is 11.5 Å². The summed E-state index contributed by atoms with van der Waals surface area (Å²) in [7, 11) is 0. The maximum absolute atomic E-state index is 14.2. The zero-order chi connectivity index (χ0) is 23.7. The van der Waals surface area contributed by atoms with Crippen molar-refractivity contribution in [3.05, 3.63) is 59.6 Å². The van der Waals surface area contributed by atoms with Gasteiger partial charge < -0.3 is 9.80 Å². The minimum Gasteiger partial charge on any atom is -0.337 e. The number of amides is 2. The number of halogens is 2. The lowest BCUT2D eigenvalue weighted by Crippen LogP contribution is -2.52. The molecule has 10 nitrogen and oxygen atoms in total. The molecule has 5 rings (SSSR count). The summed E-state index contributed by atoms with van der Waals surface area (Å²) in [5.74, 6) is -0.713. The summed E-state index contributed by atoms with van der Waals surface area (Å²) in [6.45, 7) is 1.66. The highest BCUT2D eigenvalue weighted by molar-refractivity contribution is 5.79. The topological polar surface area (TPSA) is 117 Å². The fraction of sp³-hybridized carbons (Fsp3) is 0.273. The van der Waals surface area contributed by atoms with Crippen molar-refractivity contribution >= 4 is 18.2 Å². The van der Waals surface area contributed by atoms with E-state index in [-0.39, 0.29) is 17.3 Å². The van der Waals surface area contributed by atoms with Gasteiger partial charge in [-0.15, -0.1) is 0 Å². The molecule has 12 heteroatoms. The van der Waals surface area contributed by atoms with Crippen molar-refractivity contribution in [3.63, 3.8) is 0 Å². The van der Waals surface area contributed by atoms with Gasteiger partial charge >= 0.3 is 6.03 Å². The van der Waals surface area contributed by atoms with E-state index >= 15 is 0 Å². The van der Waals surface area contributed by atoms with E-state index in [0.29, 0.717) is 49.7 Å². The molecule has 4 heterocycles. The third kappa shape index (κ3) is 4.03. The van der Waals surface area contributed by atoms with Crippen LogP contribution in [0.25, 0.3) is 11.3 Å². The Balaban J connectivity index is 1.27. The van der Waals surface area contributed by atoms with Crippen LogP contribution in [0.4, 0.5) is 19.5 Å². The van der Waals surface area contributed by atoms with Gasteiger partial charge in [0, 0.05) is 50.6 Å². The van der Waals surface area contributed by atoms with Crippen LogP contribution in [-0.4, -0.2) is 68.5 Å². The average Bonchev–Trinajstić information content (AvgIpc) is 3.56. The second kappa shape index (κ2) is 8.86. The Morgan fingerprint density at radius 2 is 1.97 bits per heavy atom. The first-order chi connectivity index (χ1) is 16.5. The van der Waals surface area contributed by atoms with Crippen molar-refractivity contribution in [2.24, 2.45) is 5.10 Å². The van der Waals surface area contributed by atoms with Crippen LogP contribution in [0.1, 0.15) is 23.6 Å². The van der Waals surface area contributed by atoms with Crippen molar-refractivity contribution in [2.45, 2.75) is 12.5 Å². The minimum atomic E-state index is -0.547. The summed E-state index contributed by atoms with van der Waals surface area (Å²) in [5.41, 5.74) is 1.38. The molecule has 1 fully saturated rings. The van der Waals surface area contributed by atoms with Crippen LogP contribution in [0.15, 0.2) is 41.9 Å². The Labute approximate surface area is 193 Å². The van der Waals surface area contributed by atoms with E-state index in [2.05, 4.69) is 25.3 Å². The number of hydrazone groups is 1. The van der Waals surface area contributed by atoms with Crippen molar-refractivity contribution in [1.29, 1.82) is 5.26 Å². The first kappa shape index (κ1) is 21.4. The first-order valence-electron chi connectivity index (χ1n) is 10.6. The SMILES string of the molecule is N#Cc1cc(F)cc([C@@H]2CC=NN2C(=O)N2CCN(c3ncc(F)c(-c4cn[nH]c4)n3)CC2)c1. The number of aromatic amines is 1. The molecule has 1 N–H and O–H groups in total. The number of aromatic nitrogens is 4. The quantitative estimate of drug-likeness (QED) is 0.638. The average molecular weight is 463 g/mol. The number of carbonyl (C=O) groups is 1. The molecule has 34 heavy (non-hydrogen) atoms. The summed E-state index contributed by atoms with van der Waals surface area (Å²) in [5, 5.41) is 21.1. The van der Waals surface area contributed by atoms with Gasteiger partial charge in [0.25, 0.3) is 0 Å². The van der Waals surface area contributed by atoms with E-state index in [4.69, 9.17) is 5.26 Å². The number of piperazine rings is 1. The molecule has 2 aliphatic heterocycles. The van der Waals surface area contributed by atoms with E-state index in [0.717, 1.165) is 12.3 Å². The van der Waals surface area contributed by atoms with Crippen molar-refractivity contribution < 1.29 is 13.6 Å². The molecule has 1 atom stereocenters. The summed E-state index contributed by atoms with van der Waals surface area (Å²) >= 11 is 0. The molecule has 0 bridgehead atoms. The molecular weight excluding hydrogens is 444 g/mol. The van der Waals surface area contributed by atoms with E-state index in [1.54, 1.807) is 23.4 Å². The zero-order valence-corrected chi connectivity index (χ0v) is 17.9. The second-order valence-corrected chi connectivity index (χ2v) is 7.89. The number of hydrogen-bond donors (Lipinski definition) is 1. The molecule has 3 aromatic rings. The number of anilines is 1. The van der Waals surface area contributed by atoms with Gasteiger partial charge in [0.2, 0.25) is 5.95 Å². The van der Waals surface area contributed by atoms with Gasteiger partial charge in [-0.05, 0) is 23.8 Å². The van der Waals surface area contributed by atoms with E-state index in [1.165, 1.54) is 17.3 Å². The molecule has 0 radical (unpaired) electrons. The van der Waals surface area contributed by atoms with Crippen LogP contribution in [0.5, 0.6) is 0 Å². The van der Waals surface area contributed by atoms with Gasteiger partial charge in [-0.25, -0.2) is 28.6 Å². The minimum absolute atomic E-state index is 0.151. The molecule has 0 saturated carbocycles. The standard InChI is InChI=1S/C22H19F2N9O/c23-17-8-14(10-25)7-15(9-17)19-1-2-29-33(19)22(34)32-5-3-31(4-6-32)21-26-13-18(24)20(30-21)16-11-27-28-12-16/h2,7-9,11-13,19H,1,3-6H2,(H,27,28)/t19-/m0/s1. The Hall–Kier alpha value is -4.40. The highest BCUT2D eigenvalue weighted by Crippen LogP contribution is 2.31. The fourth-order valence-electron chi connectivity index (χ4n) is 4.08. The van der Waals surface area contributed by atoms with Gasteiger partial charge in [-0.3, -0.25) is 5.10 Å². The van der Waals surface area contributed by atoms with Crippen LogP contribution in [0.3, 0.4) is 0 Å². The van der Waals surface area contributed by atoms with Gasteiger partial charge in [-0.2, -0.15) is 15.5 Å². The third-order valence-electron chi connectivity index (χ3n) is 5.80. The van der Waals surface area contributed by atoms with Crippen molar-refractivity contribution in [1.82, 2.24) is 30.1 Å². The lowest BCUT2D eigenvalue weighted by molar-refractivity contribution is 0.139. The number of nitriles is 1. The Bertz CT molecular complexity index is 1280. The number of carbonyl (C=O) groups excluding carboxylic acids is 1. The third-order valence-corrected chi connectivity index (χ3v) is 5.80. The lowest BCUT2D eigenvalue weighted by Gasteiger charge is -2.37. The van der Waals surface area contributed by atoms with Crippen LogP contribution in [0.2, 0.25) is 0 Å². The predicted octanol–water partition coefficient (Wildman–Crippen LogP) is 2.69. The predicted molar refractivity (Wildman–Crippen MR) is 118 cm³/mol. The smallest absolute Gasteiger partial charge is 0.337 e. The number of H-pyrrole nitrogens is 1. The van der Waals surface area contributed by atoms with Crippen LogP contribution >= 0.6 is 0 Å². The number of benzene rings is 1. The molecular formula is C22H19F2N9O. The molecule has 1 aromatic carbocycles. The van der Waals surface area contributed by atoms with Crippen LogP contribution in [-0.2, 0) is 0 Å². The number of urea groups is 1. The lowest BCUT2D eigenvalue weighted by atomic mass is 10.0. The van der Waals surface area contributed by atoms with Crippen LogP contribution < -0.4 is 4.90 Å². The number of nitrogens with zero attached hydrogens (tertiary/aromatic N) is 8. The van der Waals surface area contributed by atoms with Gasteiger partial charge in [0.15, 0.2) is 5.82 Å². The summed E-state index contributed by atoms with van der Waals surface area (Å²) in [4.78, 5) is 25.2. The maximum Gasteiger partial charge on any atom is 0.341 e. The summed E-state index contributed by atoms with van der Waals surface area (Å²) in [6.07, 6.45) is 6.20. The second-order valence-electron chi connectivity index (χ2n) is 7.89. The molecule has 2 amide bonds. The molecule has 0 aliphatic carbocycles. The Kier molecular flexibility index (Phi) is 5.59. The highest BCUT2D eigenvalue weighted by atomic mass is 19.1. The number of rotatable bonds is 3. The van der Waals surface area contributed by atoms with Crippen LogP contribution in [0, 0.1) is 23.0 Å². The normalized spacial score (nSPS) is 17.8. The van der Waals surface area contributed by atoms with Crippen molar-refractivity contribution in [3.8, 4) is 17.3 Å². The van der Waals surface area contributed by atoms with E-state index in [1.807, 2.05) is 11.0 Å². The van der Waals surface area contributed by atoms with Gasteiger partial charge in [0.05, 0.1) is 30.1 Å². The van der Waals surface area contributed by atoms with Crippen molar-refractivity contribution in [2.75, 3.05) is 31.1 Å². The molecule has 2 aromatic heterocycles. The maximum atomic E-state index is 14.2. The summed E-state index contributed by atoms with van der Waals surface area (Å²) < 4.78 is 28.1. The molecule has 0 unspecified atom stereocenters. The fourth-order valence-corrected chi connectivity index (χ4v) is 4.08. The number of hydrogen-bond acceptors (Lipinski definition) is 7.